The van der Waals surface area contributed by atoms with E-state index in [-0.39, 0.29) is 18.1 Å². The second kappa shape index (κ2) is 3.36. The molecule has 0 aromatic rings. The Bertz CT molecular complexity index is 354. The lowest BCUT2D eigenvalue weighted by Gasteiger charge is -2.29. The molecule has 16 heavy (non-hydrogen) atoms. The number of aliphatic hydroxyl groups is 1. The summed E-state index contributed by atoms with van der Waals surface area (Å²) in [6.45, 7) is 7.30. The molecule has 2 fully saturated rings. The number of amides is 1. The van der Waals surface area contributed by atoms with Gasteiger partial charge in [0.1, 0.15) is 5.60 Å². The van der Waals surface area contributed by atoms with Crippen LogP contribution in [0.4, 0.5) is 4.79 Å². The summed E-state index contributed by atoms with van der Waals surface area (Å²) in [5.74, 6) is 0. The highest BCUT2D eigenvalue weighted by Gasteiger charge is 2.63. The first kappa shape index (κ1) is 10.4. The van der Waals surface area contributed by atoms with Crippen molar-refractivity contribution >= 4 is 6.09 Å². The van der Waals surface area contributed by atoms with Crippen LogP contribution in [-0.2, 0) is 4.74 Å². The Morgan fingerprint density at radius 3 is 2.75 bits per heavy atom. The molecule has 1 N–H and O–H groups in total. The molecule has 1 heterocycles. The molecular formula is C12H21NO3. The highest BCUT2D eigenvalue weighted by molar-refractivity contribution is 5.70. The molecule has 4 heteroatoms. The summed E-state index contributed by atoms with van der Waals surface area (Å²) in [5.41, 5.74) is -0.737. The lowest BCUT2D eigenvalue weighted by molar-refractivity contribution is 0.0126. The molecule has 0 unspecified atom stereocenters. The molecule has 1 aliphatic carbocycles. The number of rotatable bonds is 1. The summed E-state index contributed by atoms with van der Waals surface area (Å²) in [4.78, 5) is 13.5. The van der Waals surface area contributed by atoms with Crippen LogP contribution in [0.5, 0.6) is 0 Å². The topological polar surface area (TPSA) is 49.8 Å². The third kappa shape index (κ3) is 1.90. The van der Waals surface area contributed by atoms with Crippen molar-refractivity contribution in [3.8, 4) is 0 Å². The number of nitrogens with zero attached hydrogens (tertiary/aromatic N) is 1. The first-order chi connectivity index (χ1) is 7.63. The summed E-state index contributed by atoms with van der Waals surface area (Å²) in [6, 6.07) is -1.15. The van der Waals surface area contributed by atoms with E-state index in [4.69, 9.17) is 6.11 Å². The van der Waals surface area contributed by atoms with Gasteiger partial charge in [-0.1, -0.05) is 6.92 Å². The van der Waals surface area contributed by atoms with Crippen LogP contribution < -0.4 is 0 Å². The van der Waals surface area contributed by atoms with Crippen molar-refractivity contribution in [1.29, 1.82) is 0 Å². The Balaban J connectivity index is 2.16. The second-order valence-electron chi connectivity index (χ2n) is 6.07. The van der Waals surface area contributed by atoms with Gasteiger partial charge in [0.05, 0.1) is 14.0 Å². The van der Waals surface area contributed by atoms with Gasteiger partial charge in [-0.05, 0) is 39.0 Å². The molecule has 1 aliphatic heterocycles. The van der Waals surface area contributed by atoms with Crippen LogP contribution in [0.1, 0.15) is 41.9 Å². The van der Waals surface area contributed by atoms with Gasteiger partial charge in [-0.3, -0.25) is 4.90 Å². The van der Waals surface area contributed by atoms with Gasteiger partial charge in [0.2, 0.25) is 0 Å². The molecule has 2 aliphatic rings. The summed E-state index contributed by atoms with van der Waals surface area (Å²) in [7, 11) is 0. The largest absolute Gasteiger partial charge is 0.444 e. The first-order valence-electron chi connectivity index (χ1n) is 6.26. The van der Waals surface area contributed by atoms with Gasteiger partial charge in [0.15, 0.2) is 0 Å². The third-order valence-electron chi connectivity index (χ3n) is 3.27. The number of fused-ring (bicyclic) bond motifs is 1. The van der Waals surface area contributed by atoms with E-state index >= 15 is 0 Å². The highest BCUT2D eigenvalue weighted by atomic mass is 16.6. The molecule has 4 nitrogen and oxygen atoms in total. The molecule has 1 saturated carbocycles. The van der Waals surface area contributed by atoms with E-state index < -0.39 is 17.7 Å². The predicted octanol–water partition coefficient (Wildman–Crippen LogP) is 1.77. The minimum Gasteiger partial charge on any atom is -0.444 e. The minimum atomic E-state index is -0.872. The van der Waals surface area contributed by atoms with E-state index in [9.17, 15) is 9.90 Å². The molecule has 1 saturated heterocycles. The number of carbonyl (C=O) groups is 1. The second-order valence-corrected chi connectivity index (χ2v) is 6.07. The SMILES string of the molecule is [2H][C@@]12C[C@]1(C)C[C@@H](CO)N2C(=O)OC(C)(C)C. The molecule has 0 spiro atoms. The fourth-order valence-electron chi connectivity index (χ4n) is 2.44. The van der Waals surface area contributed by atoms with Gasteiger partial charge in [-0.25, -0.2) is 4.79 Å². The fourth-order valence-corrected chi connectivity index (χ4v) is 2.44. The average Bonchev–Trinajstić information content (AvgIpc) is 2.56. The molecule has 92 valence electrons. The summed E-state index contributed by atoms with van der Waals surface area (Å²) >= 11 is 0. The van der Waals surface area contributed by atoms with Crippen LogP contribution in [-0.4, -0.2) is 40.4 Å². The van der Waals surface area contributed by atoms with E-state index in [1.54, 1.807) is 20.8 Å². The minimum absolute atomic E-state index is 0.102. The molecule has 3 atom stereocenters. The van der Waals surface area contributed by atoms with Gasteiger partial charge < -0.3 is 9.84 Å². The Morgan fingerprint density at radius 1 is 1.62 bits per heavy atom. The maximum absolute atomic E-state index is 12.1. The first-order valence-corrected chi connectivity index (χ1v) is 5.76. The lowest BCUT2D eigenvalue weighted by atomic mass is 10.0. The summed E-state index contributed by atoms with van der Waals surface area (Å²) in [6.07, 6.45) is 0.884. The van der Waals surface area contributed by atoms with Crippen molar-refractivity contribution in [2.75, 3.05) is 6.61 Å². The molecule has 0 aromatic carbocycles. The van der Waals surface area contributed by atoms with Gasteiger partial charge in [0, 0.05) is 6.02 Å². The van der Waals surface area contributed by atoms with E-state index in [2.05, 4.69) is 0 Å². The van der Waals surface area contributed by atoms with E-state index in [0.717, 1.165) is 0 Å². The summed E-state index contributed by atoms with van der Waals surface area (Å²) < 4.78 is 13.6. The lowest BCUT2D eigenvalue weighted by Crippen LogP contribution is -2.43. The Hall–Kier alpha value is -0.770. The maximum Gasteiger partial charge on any atom is 0.410 e. The number of carbonyl (C=O) groups excluding carboxylic acids is 1. The van der Waals surface area contributed by atoms with Crippen LogP contribution in [0.2, 0.25) is 0 Å². The zero-order valence-corrected chi connectivity index (χ0v) is 10.4. The number of piperidine rings is 1. The monoisotopic (exact) mass is 228 g/mol. The highest BCUT2D eigenvalue weighted by Crippen LogP contribution is 2.59. The number of hydrogen-bond acceptors (Lipinski definition) is 3. The third-order valence-corrected chi connectivity index (χ3v) is 3.27. The Labute approximate surface area is 98.0 Å². The van der Waals surface area contributed by atoms with Crippen LogP contribution in [0.3, 0.4) is 0 Å². The molecule has 1 amide bonds. The average molecular weight is 228 g/mol. The van der Waals surface area contributed by atoms with Gasteiger partial charge in [0.25, 0.3) is 0 Å². The van der Waals surface area contributed by atoms with Gasteiger partial charge in [-0.15, -0.1) is 0 Å². The maximum atomic E-state index is 12.1. The molecular weight excluding hydrogens is 206 g/mol. The van der Waals surface area contributed by atoms with Crippen LogP contribution in [0.15, 0.2) is 0 Å². The van der Waals surface area contributed by atoms with Crippen LogP contribution >= 0.6 is 0 Å². The predicted molar refractivity (Wildman–Crippen MR) is 60.1 cm³/mol. The van der Waals surface area contributed by atoms with Crippen molar-refractivity contribution in [2.45, 2.75) is 58.2 Å². The number of aliphatic hydroxyl groups excluding tert-OH is 1. The van der Waals surface area contributed by atoms with Crippen molar-refractivity contribution < 1.29 is 16.0 Å². The Kier molecular flexibility index (Phi) is 2.18. The fraction of sp³-hybridized carbons (Fsp3) is 0.917. The standard InChI is InChI=1S/C12H21NO3/c1-11(2,3)16-10(15)13-8(7-14)5-12(4)6-9(12)13/h8-9,14H,5-7H2,1-4H3/t8-,9+,12-/m0/s1/i9D. The number of ether oxygens (including phenoxy) is 1. The van der Waals surface area contributed by atoms with Crippen LogP contribution in [0, 0.1) is 5.41 Å². The van der Waals surface area contributed by atoms with Gasteiger partial charge in [-0.2, -0.15) is 0 Å². The van der Waals surface area contributed by atoms with E-state index in [1.807, 2.05) is 6.92 Å². The van der Waals surface area contributed by atoms with Crippen molar-refractivity contribution in [1.82, 2.24) is 4.90 Å². The van der Waals surface area contributed by atoms with Crippen molar-refractivity contribution in [2.24, 2.45) is 5.41 Å². The van der Waals surface area contributed by atoms with Crippen molar-refractivity contribution in [3.63, 3.8) is 0 Å². The normalized spacial score (nSPS) is 42.7. The Morgan fingerprint density at radius 2 is 2.25 bits per heavy atom. The van der Waals surface area contributed by atoms with Crippen LogP contribution in [0.25, 0.3) is 0 Å². The van der Waals surface area contributed by atoms with E-state index in [0.29, 0.717) is 12.8 Å². The molecule has 0 bridgehead atoms. The zero-order valence-electron chi connectivity index (χ0n) is 11.4. The van der Waals surface area contributed by atoms with E-state index in [1.165, 1.54) is 4.90 Å². The quantitative estimate of drug-likeness (QED) is 0.744. The summed E-state index contributed by atoms with van der Waals surface area (Å²) in [5, 5.41) is 9.32. The van der Waals surface area contributed by atoms with Crippen molar-refractivity contribution in [3.05, 3.63) is 0 Å². The molecule has 2 rings (SSSR count). The number of hydrogen-bond donors (Lipinski definition) is 1. The molecule has 0 aromatic heterocycles. The molecule has 0 radical (unpaired) electrons. The zero-order chi connectivity index (χ0) is 13.1. The smallest absolute Gasteiger partial charge is 0.410 e. The number of likely N-dealkylation sites (tertiary alicyclic amines) is 1. The van der Waals surface area contributed by atoms with Gasteiger partial charge >= 0.3 is 6.09 Å².